The molecular weight excluding hydrogens is 419 g/mol. The van der Waals surface area contributed by atoms with Crippen LogP contribution in [0.4, 0.5) is 4.39 Å². The molecule has 2 fully saturated rings. The molecule has 2 bridgehead atoms. The first-order valence-corrected chi connectivity index (χ1v) is 10.7. The van der Waals surface area contributed by atoms with Gasteiger partial charge in [0.2, 0.25) is 0 Å². The number of hydrogen-bond donors (Lipinski definition) is 2. The summed E-state index contributed by atoms with van der Waals surface area (Å²) in [6.45, 7) is 2.69. The van der Waals surface area contributed by atoms with Crippen molar-refractivity contribution in [1.82, 2.24) is 4.90 Å². The predicted molar refractivity (Wildman–Crippen MR) is 120 cm³/mol. The van der Waals surface area contributed by atoms with Crippen LogP contribution in [-0.2, 0) is 6.42 Å². The van der Waals surface area contributed by atoms with Crippen molar-refractivity contribution in [1.29, 1.82) is 0 Å². The van der Waals surface area contributed by atoms with E-state index in [1.807, 2.05) is 36.1 Å². The largest absolute Gasteiger partial charge is 0.457 e. The van der Waals surface area contributed by atoms with Crippen molar-refractivity contribution in [2.75, 3.05) is 13.2 Å². The van der Waals surface area contributed by atoms with E-state index >= 15 is 0 Å². The number of ether oxygens (including phenoxy) is 1. The summed E-state index contributed by atoms with van der Waals surface area (Å²) >= 11 is 0. The molecule has 2 heterocycles. The number of benzene rings is 2. The van der Waals surface area contributed by atoms with Gasteiger partial charge in [-0.15, -0.1) is 12.4 Å². The van der Waals surface area contributed by atoms with Crippen molar-refractivity contribution in [3.63, 3.8) is 0 Å². The van der Waals surface area contributed by atoms with Gasteiger partial charge in [-0.05, 0) is 74.5 Å². The van der Waals surface area contributed by atoms with Crippen LogP contribution in [0.2, 0.25) is 0 Å². The number of aliphatic hydroxyl groups is 1. The highest BCUT2D eigenvalue weighted by Gasteiger charge is 2.56. The Labute approximate surface area is 188 Å². The van der Waals surface area contributed by atoms with Gasteiger partial charge < -0.3 is 20.5 Å². The van der Waals surface area contributed by atoms with Crippen molar-refractivity contribution in [3.05, 3.63) is 59.4 Å². The fourth-order valence-corrected chi connectivity index (χ4v) is 5.16. The molecule has 0 spiro atoms. The van der Waals surface area contributed by atoms with Crippen LogP contribution in [0.1, 0.15) is 48.5 Å². The summed E-state index contributed by atoms with van der Waals surface area (Å²) in [7, 11) is 0. The monoisotopic (exact) mass is 448 g/mol. The first-order chi connectivity index (χ1) is 14.5. The SMILES string of the molecule is CC[C@]1(CO)C[C@H]2CC[C@@H]1N2C(=O)c1cc(Oc2ccc(CCN)cc2)ccc1F.Cl. The van der Waals surface area contributed by atoms with Gasteiger partial charge in [-0.1, -0.05) is 19.1 Å². The first-order valence-electron chi connectivity index (χ1n) is 10.7. The van der Waals surface area contributed by atoms with Crippen LogP contribution < -0.4 is 10.5 Å². The normalized spacial score (nSPS) is 24.2. The van der Waals surface area contributed by atoms with Crippen molar-refractivity contribution < 1.29 is 19.0 Å². The molecule has 4 rings (SSSR count). The third-order valence-electron chi connectivity index (χ3n) is 6.87. The number of carbonyl (C=O) groups excluding carboxylic acids is 1. The standard InChI is InChI=1S/C24H29FN2O3.ClH/c1-2-24(15-28)14-17-5-10-22(24)27(17)23(29)20-13-19(8-9-21(20)25)30-18-6-3-16(4-7-18)11-12-26;/h3-4,6-9,13,17,22,28H,2,5,10-12,14-15,26H2,1H3;1H/t17-,22+,24-;/m1./s1. The summed E-state index contributed by atoms with van der Waals surface area (Å²) in [5.41, 5.74) is 6.45. The van der Waals surface area contributed by atoms with E-state index in [2.05, 4.69) is 0 Å². The van der Waals surface area contributed by atoms with Gasteiger partial charge in [0.15, 0.2) is 0 Å². The molecule has 2 aromatic rings. The van der Waals surface area contributed by atoms with Gasteiger partial charge in [0.25, 0.3) is 5.91 Å². The molecule has 2 saturated heterocycles. The van der Waals surface area contributed by atoms with Crippen LogP contribution in [0.25, 0.3) is 0 Å². The average molecular weight is 449 g/mol. The fourth-order valence-electron chi connectivity index (χ4n) is 5.16. The third-order valence-corrected chi connectivity index (χ3v) is 6.87. The van der Waals surface area contributed by atoms with Crippen LogP contribution in [0.3, 0.4) is 0 Å². The number of halogens is 2. The zero-order valence-electron chi connectivity index (χ0n) is 17.7. The lowest BCUT2D eigenvalue weighted by molar-refractivity contribution is 0.0553. The predicted octanol–water partition coefficient (Wildman–Crippen LogP) is 4.31. The molecule has 0 aliphatic carbocycles. The lowest BCUT2D eigenvalue weighted by atomic mass is 9.72. The second kappa shape index (κ2) is 9.55. The lowest BCUT2D eigenvalue weighted by Crippen LogP contribution is -2.42. The Bertz CT molecular complexity index is 918. The Morgan fingerprint density at radius 1 is 1.23 bits per heavy atom. The molecule has 7 heteroatoms. The van der Waals surface area contributed by atoms with E-state index < -0.39 is 5.82 Å². The number of aliphatic hydroxyl groups excluding tert-OH is 1. The summed E-state index contributed by atoms with van der Waals surface area (Å²) < 4.78 is 20.5. The zero-order valence-corrected chi connectivity index (χ0v) is 18.5. The molecule has 2 aliphatic heterocycles. The van der Waals surface area contributed by atoms with Gasteiger partial charge in [-0.3, -0.25) is 4.79 Å². The van der Waals surface area contributed by atoms with Crippen LogP contribution in [0.5, 0.6) is 11.5 Å². The van der Waals surface area contributed by atoms with E-state index in [9.17, 15) is 14.3 Å². The van der Waals surface area contributed by atoms with Gasteiger partial charge in [-0.2, -0.15) is 0 Å². The topological polar surface area (TPSA) is 75.8 Å². The molecule has 2 aliphatic rings. The highest BCUT2D eigenvalue weighted by molar-refractivity contribution is 5.96. The molecule has 0 radical (unpaired) electrons. The first kappa shape index (κ1) is 23.5. The molecule has 3 N–H and O–H groups in total. The quantitative estimate of drug-likeness (QED) is 0.661. The number of carbonyl (C=O) groups is 1. The minimum Gasteiger partial charge on any atom is -0.457 e. The second-order valence-corrected chi connectivity index (χ2v) is 8.46. The second-order valence-electron chi connectivity index (χ2n) is 8.46. The smallest absolute Gasteiger partial charge is 0.257 e. The summed E-state index contributed by atoms with van der Waals surface area (Å²) in [4.78, 5) is 15.1. The molecule has 3 atom stereocenters. The number of nitrogens with zero attached hydrogens (tertiary/aromatic N) is 1. The minimum atomic E-state index is -0.553. The van der Waals surface area contributed by atoms with Gasteiger partial charge in [0.05, 0.1) is 12.2 Å². The van der Waals surface area contributed by atoms with Crippen molar-refractivity contribution >= 4 is 18.3 Å². The number of nitrogens with two attached hydrogens (primary N) is 1. The highest BCUT2D eigenvalue weighted by Crippen LogP contribution is 2.52. The molecule has 168 valence electrons. The Hall–Kier alpha value is -2.15. The average Bonchev–Trinajstić information content (AvgIpc) is 3.32. The van der Waals surface area contributed by atoms with Crippen LogP contribution in [-0.4, -0.2) is 41.1 Å². The third kappa shape index (κ3) is 4.29. The van der Waals surface area contributed by atoms with Crippen molar-refractivity contribution in [3.8, 4) is 11.5 Å². The Morgan fingerprint density at radius 3 is 2.55 bits per heavy atom. The van der Waals surface area contributed by atoms with Gasteiger partial charge in [-0.25, -0.2) is 4.39 Å². The minimum absolute atomic E-state index is 0. The molecule has 31 heavy (non-hydrogen) atoms. The van der Waals surface area contributed by atoms with Gasteiger partial charge in [0, 0.05) is 17.5 Å². The molecule has 0 unspecified atom stereocenters. The van der Waals surface area contributed by atoms with E-state index in [1.165, 1.54) is 18.2 Å². The maximum atomic E-state index is 14.6. The Kier molecular flexibility index (Phi) is 7.24. The maximum absolute atomic E-state index is 14.6. The van der Waals surface area contributed by atoms with Gasteiger partial charge >= 0.3 is 0 Å². The maximum Gasteiger partial charge on any atom is 0.257 e. The van der Waals surface area contributed by atoms with Crippen LogP contribution >= 0.6 is 12.4 Å². The number of hydrogen-bond acceptors (Lipinski definition) is 4. The van der Waals surface area contributed by atoms with Gasteiger partial charge in [0.1, 0.15) is 17.3 Å². The Balaban J connectivity index is 0.00000272. The van der Waals surface area contributed by atoms with Crippen molar-refractivity contribution in [2.24, 2.45) is 11.1 Å². The van der Waals surface area contributed by atoms with Crippen LogP contribution in [0, 0.1) is 11.2 Å². The number of amides is 1. The van der Waals surface area contributed by atoms with E-state index in [1.54, 1.807) is 0 Å². The van der Waals surface area contributed by atoms with E-state index in [0.29, 0.717) is 18.0 Å². The summed E-state index contributed by atoms with van der Waals surface area (Å²) in [5.74, 6) is 0.171. The van der Waals surface area contributed by atoms with Crippen LogP contribution in [0.15, 0.2) is 42.5 Å². The van der Waals surface area contributed by atoms with E-state index in [0.717, 1.165) is 37.7 Å². The molecule has 5 nitrogen and oxygen atoms in total. The lowest BCUT2D eigenvalue weighted by Gasteiger charge is -2.34. The fraction of sp³-hybridized carbons (Fsp3) is 0.458. The highest BCUT2D eigenvalue weighted by atomic mass is 35.5. The molecule has 2 aromatic carbocycles. The molecular formula is C24H30ClFN2O3. The molecule has 0 aromatic heterocycles. The Morgan fingerprint density at radius 2 is 1.94 bits per heavy atom. The summed E-state index contributed by atoms with van der Waals surface area (Å²) in [6, 6.07) is 11.9. The summed E-state index contributed by atoms with van der Waals surface area (Å²) in [6.07, 6.45) is 4.15. The number of rotatable bonds is 7. The zero-order chi connectivity index (χ0) is 21.3. The molecule has 1 amide bonds. The van der Waals surface area contributed by atoms with E-state index in [-0.39, 0.29) is 48.0 Å². The van der Waals surface area contributed by atoms with Crippen molar-refractivity contribution in [2.45, 2.75) is 51.1 Å². The van der Waals surface area contributed by atoms with E-state index in [4.69, 9.17) is 10.5 Å². The molecule has 0 saturated carbocycles. The number of fused-ring (bicyclic) bond motifs is 2. The summed E-state index contributed by atoms with van der Waals surface area (Å²) in [5, 5.41) is 9.99.